The highest BCUT2D eigenvalue weighted by molar-refractivity contribution is 7.92. The van der Waals surface area contributed by atoms with E-state index in [0.29, 0.717) is 11.3 Å². The normalized spacial score (nSPS) is 11.8. The molecule has 158 valence electrons. The minimum Gasteiger partial charge on any atom is -0.508 e. The van der Waals surface area contributed by atoms with Crippen LogP contribution in [0.15, 0.2) is 36.4 Å². The zero-order valence-electron chi connectivity index (χ0n) is 16.7. The first-order chi connectivity index (χ1) is 13.3. The summed E-state index contributed by atoms with van der Waals surface area (Å²) in [6, 6.07) is 8.80. The number of nitrogens with one attached hydrogen (secondary N) is 2. The van der Waals surface area contributed by atoms with Crippen LogP contribution in [-0.2, 0) is 26.8 Å². The van der Waals surface area contributed by atoms with E-state index in [4.69, 9.17) is 4.74 Å². The van der Waals surface area contributed by atoms with Crippen molar-refractivity contribution in [3.63, 3.8) is 0 Å². The van der Waals surface area contributed by atoms with E-state index >= 15 is 0 Å². The Morgan fingerprint density at radius 1 is 1.17 bits per heavy atom. The van der Waals surface area contributed by atoms with E-state index in [2.05, 4.69) is 10.0 Å². The van der Waals surface area contributed by atoms with Gasteiger partial charge in [0.05, 0.1) is 11.9 Å². The molecule has 0 atom stereocenters. The first-order valence-electron chi connectivity index (χ1n) is 8.84. The molecule has 0 saturated carbocycles. The minimum absolute atomic E-state index is 0.0481. The molecular formula is C20H25FN2O5S. The van der Waals surface area contributed by atoms with Crippen molar-refractivity contribution < 1.29 is 27.4 Å². The maximum Gasteiger partial charge on any atom is 0.258 e. The van der Waals surface area contributed by atoms with Gasteiger partial charge in [-0.2, -0.15) is 0 Å². The first-order valence-corrected chi connectivity index (χ1v) is 10.7. The lowest BCUT2D eigenvalue weighted by molar-refractivity contribution is -0.123. The second-order valence-corrected chi connectivity index (χ2v) is 9.43. The van der Waals surface area contributed by atoms with E-state index in [1.54, 1.807) is 12.1 Å². The summed E-state index contributed by atoms with van der Waals surface area (Å²) in [7, 11) is -3.58. The summed E-state index contributed by atoms with van der Waals surface area (Å²) in [5.41, 5.74) is 0.846. The van der Waals surface area contributed by atoms with E-state index < -0.39 is 21.7 Å². The Balaban J connectivity index is 1.89. The summed E-state index contributed by atoms with van der Waals surface area (Å²) < 4.78 is 43.7. The van der Waals surface area contributed by atoms with E-state index in [1.165, 1.54) is 18.2 Å². The van der Waals surface area contributed by atoms with Crippen LogP contribution >= 0.6 is 0 Å². The number of carbonyl (C=O) groups is 1. The number of benzene rings is 2. The maximum atomic E-state index is 13.9. The summed E-state index contributed by atoms with van der Waals surface area (Å²) in [6.07, 6.45) is 0.928. The fourth-order valence-corrected chi connectivity index (χ4v) is 3.15. The molecule has 0 unspecified atom stereocenters. The zero-order valence-corrected chi connectivity index (χ0v) is 17.6. The van der Waals surface area contributed by atoms with Crippen molar-refractivity contribution in [3.8, 4) is 11.5 Å². The van der Waals surface area contributed by atoms with Gasteiger partial charge >= 0.3 is 0 Å². The van der Waals surface area contributed by atoms with Crippen molar-refractivity contribution in [2.75, 3.05) is 17.6 Å². The highest BCUT2D eigenvalue weighted by Crippen LogP contribution is 2.33. The number of hydrogen-bond acceptors (Lipinski definition) is 5. The fourth-order valence-electron chi connectivity index (χ4n) is 2.59. The molecule has 0 aliphatic carbocycles. The standard InChI is InChI=1S/C20H25FN2O5S/c1-20(2,3)15-7-6-14(10-18(15)24)28-12-19(25)22-11-13-5-8-17(16(21)9-13)23-29(4,26)27/h5-10,23-24H,11-12H2,1-4H3,(H,22,25). The molecule has 0 radical (unpaired) electrons. The number of ether oxygens (including phenoxy) is 1. The summed E-state index contributed by atoms with van der Waals surface area (Å²) in [5, 5.41) is 12.7. The van der Waals surface area contributed by atoms with Gasteiger partial charge in [0.25, 0.3) is 5.91 Å². The smallest absolute Gasteiger partial charge is 0.258 e. The third-order valence-electron chi connectivity index (χ3n) is 3.97. The molecule has 7 nitrogen and oxygen atoms in total. The first kappa shape index (κ1) is 22.5. The van der Waals surface area contributed by atoms with Gasteiger partial charge in [-0.05, 0) is 34.7 Å². The lowest BCUT2D eigenvalue weighted by Gasteiger charge is -2.20. The van der Waals surface area contributed by atoms with Crippen molar-refractivity contribution in [1.82, 2.24) is 5.32 Å². The van der Waals surface area contributed by atoms with Crippen LogP contribution < -0.4 is 14.8 Å². The molecular weight excluding hydrogens is 399 g/mol. The highest BCUT2D eigenvalue weighted by atomic mass is 32.2. The predicted molar refractivity (Wildman–Crippen MR) is 109 cm³/mol. The summed E-state index contributed by atoms with van der Waals surface area (Å²) in [4.78, 5) is 12.0. The number of halogens is 1. The number of phenols is 1. The highest BCUT2D eigenvalue weighted by Gasteiger charge is 2.18. The van der Waals surface area contributed by atoms with Gasteiger partial charge in [0.2, 0.25) is 10.0 Å². The van der Waals surface area contributed by atoms with Crippen LogP contribution in [0.4, 0.5) is 10.1 Å². The molecule has 0 aliphatic rings. The summed E-state index contributed by atoms with van der Waals surface area (Å²) >= 11 is 0. The van der Waals surface area contributed by atoms with Gasteiger partial charge in [-0.15, -0.1) is 0 Å². The van der Waals surface area contributed by atoms with Crippen LogP contribution in [0.5, 0.6) is 11.5 Å². The average molecular weight is 424 g/mol. The number of anilines is 1. The molecule has 1 amide bonds. The van der Waals surface area contributed by atoms with Crippen LogP contribution in [0.1, 0.15) is 31.9 Å². The summed E-state index contributed by atoms with van der Waals surface area (Å²) in [5.74, 6) is -0.724. The quantitative estimate of drug-likeness (QED) is 0.634. The molecule has 3 N–H and O–H groups in total. The second kappa shape index (κ2) is 8.69. The number of hydrogen-bond donors (Lipinski definition) is 3. The van der Waals surface area contributed by atoms with Gasteiger partial charge in [0, 0.05) is 12.6 Å². The molecule has 0 heterocycles. The minimum atomic E-state index is -3.58. The SMILES string of the molecule is CC(C)(C)c1ccc(OCC(=O)NCc2ccc(NS(C)(=O)=O)c(F)c2)cc1O. The van der Waals surface area contributed by atoms with E-state index in [9.17, 15) is 22.7 Å². The Kier molecular flexibility index (Phi) is 6.73. The average Bonchev–Trinajstić information content (AvgIpc) is 2.58. The molecule has 2 aromatic carbocycles. The Hall–Kier alpha value is -2.81. The number of rotatable bonds is 7. The van der Waals surface area contributed by atoms with Crippen LogP contribution in [0.25, 0.3) is 0 Å². The van der Waals surface area contributed by atoms with E-state index in [0.717, 1.165) is 17.9 Å². The van der Waals surface area contributed by atoms with Crippen molar-refractivity contribution in [1.29, 1.82) is 0 Å². The number of amides is 1. The van der Waals surface area contributed by atoms with Gasteiger partial charge in [0.1, 0.15) is 17.3 Å². The Morgan fingerprint density at radius 2 is 1.86 bits per heavy atom. The largest absolute Gasteiger partial charge is 0.508 e. The van der Waals surface area contributed by atoms with Crippen molar-refractivity contribution in [3.05, 3.63) is 53.3 Å². The third kappa shape index (κ3) is 6.94. The molecule has 29 heavy (non-hydrogen) atoms. The molecule has 0 spiro atoms. The predicted octanol–water partition coefficient (Wildman–Crippen LogP) is 2.90. The molecule has 9 heteroatoms. The lowest BCUT2D eigenvalue weighted by atomic mass is 9.86. The van der Waals surface area contributed by atoms with Crippen LogP contribution in [0, 0.1) is 5.82 Å². The van der Waals surface area contributed by atoms with E-state index in [1.807, 2.05) is 20.8 Å². The molecule has 2 aromatic rings. The van der Waals surface area contributed by atoms with Crippen LogP contribution in [-0.4, -0.2) is 32.3 Å². The van der Waals surface area contributed by atoms with E-state index in [-0.39, 0.29) is 30.0 Å². The van der Waals surface area contributed by atoms with Crippen molar-refractivity contribution in [2.45, 2.75) is 32.7 Å². The number of carbonyl (C=O) groups excluding carboxylic acids is 1. The second-order valence-electron chi connectivity index (χ2n) is 7.68. The summed E-state index contributed by atoms with van der Waals surface area (Å²) in [6.45, 7) is 5.70. The van der Waals surface area contributed by atoms with Gasteiger partial charge in [-0.25, -0.2) is 12.8 Å². The molecule has 0 aromatic heterocycles. The maximum absolute atomic E-state index is 13.9. The van der Waals surface area contributed by atoms with Gasteiger partial charge in [-0.3, -0.25) is 9.52 Å². The zero-order chi connectivity index (χ0) is 21.8. The molecule has 0 bridgehead atoms. The number of aromatic hydroxyl groups is 1. The molecule has 2 rings (SSSR count). The molecule has 0 fully saturated rings. The van der Waals surface area contributed by atoms with Crippen molar-refractivity contribution >= 4 is 21.6 Å². The molecule has 0 saturated heterocycles. The van der Waals surface area contributed by atoms with Gasteiger partial charge in [-0.1, -0.05) is 32.9 Å². The van der Waals surface area contributed by atoms with Crippen molar-refractivity contribution in [2.24, 2.45) is 0 Å². The third-order valence-corrected chi connectivity index (χ3v) is 4.56. The Morgan fingerprint density at radius 3 is 2.41 bits per heavy atom. The van der Waals surface area contributed by atoms with Gasteiger partial charge < -0.3 is 15.2 Å². The fraction of sp³-hybridized carbons (Fsp3) is 0.350. The van der Waals surface area contributed by atoms with Crippen LogP contribution in [0.3, 0.4) is 0 Å². The van der Waals surface area contributed by atoms with Gasteiger partial charge in [0.15, 0.2) is 6.61 Å². The molecule has 0 aliphatic heterocycles. The lowest BCUT2D eigenvalue weighted by Crippen LogP contribution is -2.28. The number of phenolic OH excluding ortho intramolecular Hbond substituents is 1. The van der Waals surface area contributed by atoms with Crippen LogP contribution in [0.2, 0.25) is 0 Å². The Labute approximate surface area is 170 Å². The number of sulfonamides is 1. The topological polar surface area (TPSA) is 105 Å². The monoisotopic (exact) mass is 424 g/mol. The Bertz CT molecular complexity index is 1000.